The molecule has 0 saturated heterocycles. The van der Waals surface area contributed by atoms with Crippen molar-refractivity contribution in [2.75, 3.05) is 26.2 Å². The number of esters is 2. The molecular formula is C24H54N6O4. The molecule has 0 aromatic carbocycles. The first kappa shape index (κ1) is 34.9. The molecule has 0 aliphatic heterocycles. The molecule has 2 unspecified atom stereocenters. The molecule has 10 nitrogen and oxygen atoms in total. The van der Waals surface area contributed by atoms with Gasteiger partial charge in [-0.15, -0.1) is 0 Å². The predicted octanol–water partition coefficient (Wildman–Crippen LogP) is 1.71. The second-order valence-corrected chi connectivity index (χ2v) is 8.53. The van der Waals surface area contributed by atoms with Crippen LogP contribution >= 0.6 is 0 Å². The van der Waals surface area contributed by atoms with E-state index in [1.165, 1.54) is 12.8 Å². The number of carbonyl (C=O) groups excluding carboxylic acids is 2. The Balaban J connectivity index is 0. The maximum atomic E-state index is 11.7. The van der Waals surface area contributed by atoms with E-state index in [0.717, 1.165) is 64.5 Å². The van der Waals surface area contributed by atoms with Crippen molar-refractivity contribution in [3.8, 4) is 0 Å². The van der Waals surface area contributed by atoms with E-state index >= 15 is 0 Å². The molecule has 0 aromatic rings. The summed E-state index contributed by atoms with van der Waals surface area (Å²) >= 11 is 0. The smallest absolute Gasteiger partial charge is 0.307 e. The van der Waals surface area contributed by atoms with Crippen LogP contribution in [0, 0.1) is 0 Å². The third-order valence-electron chi connectivity index (χ3n) is 5.12. The van der Waals surface area contributed by atoms with Crippen molar-refractivity contribution in [3.63, 3.8) is 0 Å². The summed E-state index contributed by atoms with van der Waals surface area (Å²) in [4.78, 5) is 23.3. The first-order valence-electron chi connectivity index (χ1n) is 13.1. The van der Waals surface area contributed by atoms with Gasteiger partial charge in [0.1, 0.15) is 0 Å². The number of hydrogen-bond acceptors (Lipinski definition) is 10. The highest BCUT2D eigenvalue weighted by Crippen LogP contribution is 2.08. The number of unbranched alkanes of at least 4 members (excludes halogenated alkanes) is 8. The van der Waals surface area contributed by atoms with Gasteiger partial charge in [-0.05, 0) is 90.4 Å². The van der Waals surface area contributed by atoms with Gasteiger partial charge in [-0.3, -0.25) is 21.1 Å². The highest BCUT2D eigenvalue weighted by molar-refractivity contribution is 5.70. The second kappa shape index (κ2) is 27.9. The van der Waals surface area contributed by atoms with Gasteiger partial charge in [0.05, 0.1) is 0 Å². The van der Waals surface area contributed by atoms with E-state index in [2.05, 4.69) is 0 Å². The SMILES string of the molecule is NCCCCCC(N)OC(=O)CCCCC(=O)OC(N)CCCCCN.NCCCCCCN. The topological polar surface area (TPSA) is 209 Å². The Morgan fingerprint density at radius 2 is 0.765 bits per heavy atom. The van der Waals surface area contributed by atoms with E-state index in [1.54, 1.807) is 0 Å². The monoisotopic (exact) mass is 490 g/mol. The zero-order chi connectivity index (χ0) is 25.9. The van der Waals surface area contributed by atoms with E-state index < -0.39 is 12.5 Å². The maximum Gasteiger partial charge on any atom is 0.307 e. The maximum absolute atomic E-state index is 11.7. The summed E-state index contributed by atoms with van der Waals surface area (Å²) in [5.74, 6) is -0.664. The van der Waals surface area contributed by atoms with Crippen LogP contribution in [0.1, 0.15) is 103 Å². The lowest BCUT2D eigenvalue weighted by Crippen LogP contribution is -2.27. The molecule has 0 aliphatic carbocycles. The summed E-state index contributed by atoms with van der Waals surface area (Å²) in [7, 11) is 0. The van der Waals surface area contributed by atoms with Gasteiger partial charge in [-0.25, -0.2) is 0 Å². The lowest BCUT2D eigenvalue weighted by molar-refractivity contribution is -0.151. The van der Waals surface area contributed by atoms with Gasteiger partial charge in [0, 0.05) is 12.8 Å². The van der Waals surface area contributed by atoms with E-state index in [1.807, 2.05) is 0 Å². The van der Waals surface area contributed by atoms with Crippen molar-refractivity contribution >= 4 is 11.9 Å². The fraction of sp³-hybridized carbons (Fsp3) is 0.917. The first-order valence-corrected chi connectivity index (χ1v) is 13.1. The summed E-state index contributed by atoms with van der Waals surface area (Å²) in [6.45, 7) is 2.97. The van der Waals surface area contributed by atoms with Gasteiger partial charge in [0.25, 0.3) is 0 Å². The Morgan fingerprint density at radius 3 is 1.06 bits per heavy atom. The summed E-state index contributed by atoms with van der Waals surface area (Å²) < 4.78 is 10.3. The molecule has 0 aromatic heterocycles. The lowest BCUT2D eigenvalue weighted by atomic mass is 10.1. The van der Waals surface area contributed by atoms with Crippen LogP contribution in [0.4, 0.5) is 0 Å². The van der Waals surface area contributed by atoms with Crippen LogP contribution in [0.15, 0.2) is 0 Å². The number of nitrogens with two attached hydrogens (primary N) is 6. The van der Waals surface area contributed by atoms with Gasteiger partial charge in [0.2, 0.25) is 0 Å². The number of rotatable bonds is 22. The van der Waals surface area contributed by atoms with Crippen molar-refractivity contribution in [2.45, 2.75) is 115 Å². The highest BCUT2D eigenvalue weighted by atomic mass is 16.6. The molecule has 204 valence electrons. The Bertz CT molecular complexity index is 417. The molecule has 0 bridgehead atoms. The van der Waals surface area contributed by atoms with Crippen LogP contribution in [0.25, 0.3) is 0 Å². The molecule has 0 rings (SSSR count). The van der Waals surface area contributed by atoms with Gasteiger partial charge in [-0.2, -0.15) is 0 Å². The molecule has 0 saturated carbocycles. The number of carbonyl (C=O) groups is 2. The highest BCUT2D eigenvalue weighted by Gasteiger charge is 2.12. The Hall–Kier alpha value is -1.30. The van der Waals surface area contributed by atoms with Crippen molar-refractivity contribution < 1.29 is 19.1 Å². The van der Waals surface area contributed by atoms with Crippen LogP contribution in [-0.2, 0) is 19.1 Å². The number of ether oxygens (including phenoxy) is 2. The lowest BCUT2D eigenvalue weighted by Gasteiger charge is -2.14. The fourth-order valence-electron chi connectivity index (χ4n) is 3.09. The Labute approximate surface area is 207 Å². The van der Waals surface area contributed by atoms with Gasteiger partial charge >= 0.3 is 11.9 Å². The fourth-order valence-corrected chi connectivity index (χ4v) is 3.09. The molecule has 0 fully saturated rings. The molecule has 12 N–H and O–H groups in total. The minimum absolute atomic E-state index is 0.245. The van der Waals surface area contributed by atoms with Crippen molar-refractivity contribution in [2.24, 2.45) is 34.4 Å². The minimum atomic E-state index is -0.567. The average Bonchev–Trinajstić information content (AvgIpc) is 2.80. The van der Waals surface area contributed by atoms with Crippen molar-refractivity contribution in [1.82, 2.24) is 0 Å². The Kier molecular flexibility index (Phi) is 28.7. The van der Waals surface area contributed by atoms with Gasteiger partial charge in [0.15, 0.2) is 12.5 Å². The summed E-state index contributed by atoms with van der Waals surface area (Å²) in [5.41, 5.74) is 32.9. The zero-order valence-electron chi connectivity index (χ0n) is 21.4. The van der Waals surface area contributed by atoms with Crippen LogP contribution in [0.3, 0.4) is 0 Å². The first-order chi connectivity index (χ1) is 16.4. The van der Waals surface area contributed by atoms with Crippen LogP contribution in [-0.4, -0.2) is 50.6 Å². The molecule has 0 heterocycles. The molecule has 0 amide bonds. The van der Waals surface area contributed by atoms with E-state index in [9.17, 15) is 9.59 Å². The third kappa shape index (κ3) is 28.7. The van der Waals surface area contributed by atoms with Crippen LogP contribution < -0.4 is 34.4 Å². The summed E-state index contributed by atoms with van der Waals surface area (Å²) in [6.07, 6.45) is 12.2. The van der Waals surface area contributed by atoms with Gasteiger partial charge < -0.3 is 32.4 Å². The molecular weight excluding hydrogens is 436 g/mol. The van der Waals surface area contributed by atoms with E-state index in [-0.39, 0.29) is 24.8 Å². The van der Waals surface area contributed by atoms with Gasteiger partial charge in [-0.1, -0.05) is 25.7 Å². The summed E-state index contributed by atoms with van der Waals surface area (Å²) in [6, 6.07) is 0. The van der Waals surface area contributed by atoms with Crippen LogP contribution in [0.2, 0.25) is 0 Å². The zero-order valence-corrected chi connectivity index (χ0v) is 21.4. The second-order valence-electron chi connectivity index (χ2n) is 8.53. The van der Waals surface area contributed by atoms with Crippen LogP contribution in [0.5, 0.6) is 0 Å². The molecule has 0 spiro atoms. The normalized spacial score (nSPS) is 12.4. The number of hydrogen-bond donors (Lipinski definition) is 6. The van der Waals surface area contributed by atoms with Crippen molar-refractivity contribution in [3.05, 3.63) is 0 Å². The van der Waals surface area contributed by atoms with Crippen molar-refractivity contribution in [1.29, 1.82) is 0 Å². The van der Waals surface area contributed by atoms with E-state index in [4.69, 9.17) is 43.9 Å². The summed E-state index contributed by atoms with van der Waals surface area (Å²) in [5, 5.41) is 0. The average molecular weight is 491 g/mol. The Morgan fingerprint density at radius 1 is 0.471 bits per heavy atom. The van der Waals surface area contributed by atoms with E-state index in [0.29, 0.717) is 38.8 Å². The largest absolute Gasteiger partial charge is 0.447 e. The standard InChI is InChI=1S/C18H38N4O4.C6H16N2/c19-13-7-1-3-9-15(21)25-17(23)11-5-6-12-18(24)26-16(22)10-4-2-8-14-20;7-5-3-1-2-4-6-8/h15-16H,1-14,19-22H2;1-8H2. The minimum Gasteiger partial charge on any atom is -0.447 e. The third-order valence-corrected chi connectivity index (χ3v) is 5.12. The molecule has 34 heavy (non-hydrogen) atoms. The predicted molar refractivity (Wildman–Crippen MR) is 138 cm³/mol. The molecule has 2 atom stereocenters. The molecule has 0 radical (unpaired) electrons. The quantitative estimate of drug-likeness (QED) is 0.0734. The molecule has 10 heteroatoms. The molecule has 0 aliphatic rings.